The molecule has 3 fully saturated rings. The summed E-state index contributed by atoms with van der Waals surface area (Å²) in [4.78, 5) is 30.5. The number of rotatable bonds is 2. The highest BCUT2D eigenvalue weighted by Gasteiger charge is 2.45. The summed E-state index contributed by atoms with van der Waals surface area (Å²) in [6.07, 6.45) is 5.03. The quantitative estimate of drug-likeness (QED) is 0.718. The monoisotopic (exact) mass is 309 g/mol. The average molecular weight is 309 g/mol. The number of esters is 1. The fourth-order valence-corrected chi connectivity index (χ4v) is 3.71. The predicted octanol–water partition coefficient (Wildman–Crippen LogP) is 1.16. The zero-order valence-corrected chi connectivity index (χ0v) is 13.7. The van der Waals surface area contributed by atoms with Crippen LogP contribution in [-0.4, -0.2) is 78.6 Å². The Balaban J connectivity index is 1.51. The average Bonchev–Trinajstić information content (AvgIpc) is 2.69. The number of carbonyl (C=O) groups excluding carboxylic acids is 2. The van der Waals surface area contributed by atoms with Gasteiger partial charge in [0.2, 0.25) is 0 Å². The minimum atomic E-state index is -0.205. The van der Waals surface area contributed by atoms with Crippen LogP contribution in [0.4, 0.5) is 4.79 Å². The number of likely N-dealkylation sites (tertiary alicyclic amines) is 1. The maximum atomic E-state index is 12.6. The van der Waals surface area contributed by atoms with Crippen LogP contribution in [0.25, 0.3) is 0 Å². The van der Waals surface area contributed by atoms with Gasteiger partial charge in [0.1, 0.15) is 0 Å². The van der Waals surface area contributed by atoms with E-state index in [9.17, 15) is 9.59 Å². The van der Waals surface area contributed by atoms with Crippen molar-refractivity contribution < 1.29 is 14.3 Å². The van der Waals surface area contributed by atoms with Gasteiger partial charge in [0.05, 0.1) is 13.0 Å². The lowest BCUT2D eigenvalue weighted by Crippen LogP contribution is -2.63. The maximum absolute atomic E-state index is 12.6. The lowest BCUT2D eigenvalue weighted by Gasteiger charge is -2.46. The highest BCUT2D eigenvalue weighted by molar-refractivity contribution is 5.81. The van der Waals surface area contributed by atoms with Gasteiger partial charge in [-0.1, -0.05) is 6.42 Å². The van der Waals surface area contributed by atoms with Crippen molar-refractivity contribution in [2.24, 2.45) is 5.92 Å². The van der Waals surface area contributed by atoms with Gasteiger partial charge in [-0.05, 0) is 26.2 Å². The molecule has 0 aromatic carbocycles. The molecular weight excluding hydrogens is 282 g/mol. The van der Waals surface area contributed by atoms with Gasteiger partial charge in [0.15, 0.2) is 0 Å². The second-order valence-corrected chi connectivity index (χ2v) is 6.77. The molecule has 0 radical (unpaired) electrons. The topological polar surface area (TPSA) is 53.1 Å². The molecule has 0 spiro atoms. The van der Waals surface area contributed by atoms with Crippen LogP contribution >= 0.6 is 0 Å². The normalized spacial score (nSPS) is 30.3. The predicted molar refractivity (Wildman–Crippen MR) is 82.5 cm³/mol. The van der Waals surface area contributed by atoms with Crippen LogP contribution in [-0.2, 0) is 9.53 Å². The summed E-state index contributed by atoms with van der Waals surface area (Å²) in [5, 5.41) is 0. The highest BCUT2D eigenvalue weighted by Crippen LogP contribution is 2.28. The number of carbonyl (C=O) groups is 2. The minimum Gasteiger partial charge on any atom is -0.469 e. The summed E-state index contributed by atoms with van der Waals surface area (Å²) in [7, 11) is 1.41. The number of methoxy groups -OCH3 is 1. The van der Waals surface area contributed by atoms with Gasteiger partial charge in [0.25, 0.3) is 0 Å². The van der Waals surface area contributed by atoms with Gasteiger partial charge < -0.3 is 14.5 Å². The third kappa shape index (κ3) is 2.81. The van der Waals surface area contributed by atoms with Crippen molar-refractivity contribution in [2.75, 3.05) is 39.8 Å². The molecule has 1 saturated carbocycles. The Morgan fingerprint density at radius 2 is 1.82 bits per heavy atom. The van der Waals surface area contributed by atoms with E-state index in [4.69, 9.17) is 4.74 Å². The van der Waals surface area contributed by atoms with Gasteiger partial charge in [0, 0.05) is 44.8 Å². The molecule has 1 aliphatic carbocycles. The Morgan fingerprint density at radius 1 is 1.05 bits per heavy atom. The van der Waals surface area contributed by atoms with Crippen molar-refractivity contribution in [1.82, 2.24) is 14.7 Å². The SMILES string of the molecule is COC(=O)C1CN(C(=O)N2CCCN(C3CCC3)CC2)C1C. The number of hydrogen-bond donors (Lipinski definition) is 0. The van der Waals surface area contributed by atoms with Crippen LogP contribution in [0.1, 0.15) is 32.6 Å². The first kappa shape index (κ1) is 15.6. The Kier molecular flexibility index (Phi) is 4.57. The molecule has 6 heteroatoms. The first-order valence-electron chi connectivity index (χ1n) is 8.49. The Morgan fingerprint density at radius 3 is 2.41 bits per heavy atom. The van der Waals surface area contributed by atoms with E-state index in [2.05, 4.69) is 4.90 Å². The molecular formula is C16H27N3O3. The number of ether oxygens (including phenoxy) is 1. The third-order valence-electron chi connectivity index (χ3n) is 5.61. The van der Waals surface area contributed by atoms with Crippen LogP contribution in [0.5, 0.6) is 0 Å². The molecule has 2 amide bonds. The highest BCUT2D eigenvalue weighted by atomic mass is 16.5. The first-order valence-corrected chi connectivity index (χ1v) is 8.49. The summed E-state index contributed by atoms with van der Waals surface area (Å²) in [6, 6.07) is 0.788. The van der Waals surface area contributed by atoms with E-state index < -0.39 is 0 Å². The van der Waals surface area contributed by atoms with Gasteiger partial charge in [-0.3, -0.25) is 9.69 Å². The Labute approximate surface area is 132 Å². The fourth-order valence-electron chi connectivity index (χ4n) is 3.71. The summed E-state index contributed by atoms with van der Waals surface area (Å²) in [5.74, 6) is -0.365. The molecule has 3 rings (SSSR count). The van der Waals surface area contributed by atoms with E-state index in [0.29, 0.717) is 6.54 Å². The smallest absolute Gasteiger partial charge is 0.320 e. The summed E-state index contributed by atoms with van der Waals surface area (Å²) in [6.45, 7) is 6.15. The van der Waals surface area contributed by atoms with Crippen LogP contribution in [0.3, 0.4) is 0 Å². The Hall–Kier alpha value is -1.30. The minimum absolute atomic E-state index is 0.0501. The lowest BCUT2D eigenvalue weighted by molar-refractivity contribution is -0.153. The van der Waals surface area contributed by atoms with Crippen LogP contribution in [0, 0.1) is 5.92 Å². The van der Waals surface area contributed by atoms with Crippen molar-refractivity contribution in [1.29, 1.82) is 0 Å². The lowest BCUT2D eigenvalue weighted by atomic mass is 9.90. The first-order chi connectivity index (χ1) is 10.6. The van der Waals surface area contributed by atoms with E-state index in [1.54, 1.807) is 4.90 Å². The zero-order chi connectivity index (χ0) is 15.7. The van der Waals surface area contributed by atoms with Gasteiger partial charge >= 0.3 is 12.0 Å². The van der Waals surface area contributed by atoms with Crippen molar-refractivity contribution in [2.45, 2.75) is 44.7 Å². The van der Waals surface area contributed by atoms with Crippen LogP contribution in [0.2, 0.25) is 0 Å². The molecule has 6 nitrogen and oxygen atoms in total. The molecule has 0 aromatic heterocycles. The number of nitrogens with zero attached hydrogens (tertiary/aromatic N) is 3. The molecule has 2 heterocycles. The van der Waals surface area contributed by atoms with Gasteiger partial charge in [-0.15, -0.1) is 0 Å². The largest absolute Gasteiger partial charge is 0.469 e. The molecule has 0 N–H and O–H groups in total. The van der Waals surface area contributed by atoms with E-state index >= 15 is 0 Å². The van der Waals surface area contributed by atoms with Crippen molar-refractivity contribution in [3.05, 3.63) is 0 Å². The number of urea groups is 1. The second-order valence-electron chi connectivity index (χ2n) is 6.77. The molecule has 3 aliphatic rings. The van der Waals surface area contributed by atoms with E-state index in [1.807, 2.05) is 11.8 Å². The van der Waals surface area contributed by atoms with E-state index in [-0.39, 0.29) is 24.0 Å². The molecule has 2 unspecified atom stereocenters. The van der Waals surface area contributed by atoms with Crippen molar-refractivity contribution in [3.8, 4) is 0 Å². The van der Waals surface area contributed by atoms with Crippen LogP contribution in [0.15, 0.2) is 0 Å². The fraction of sp³-hybridized carbons (Fsp3) is 0.875. The molecule has 22 heavy (non-hydrogen) atoms. The number of hydrogen-bond acceptors (Lipinski definition) is 4. The molecule has 2 saturated heterocycles. The standard InChI is InChI=1S/C16H27N3O3/c1-12-14(15(20)22-2)11-19(12)16(21)18-8-4-7-17(9-10-18)13-5-3-6-13/h12-14H,3-11H2,1-2H3. The van der Waals surface area contributed by atoms with E-state index in [0.717, 1.165) is 38.6 Å². The maximum Gasteiger partial charge on any atom is 0.320 e. The molecule has 0 aromatic rings. The zero-order valence-electron chi connectivity index (χ0n) is 13.7. The third-order valence-corrected chi connectivity index (χ3v) is 5.61. The summed E-state index contributed by atoms with van der Waals surface area (Å²) in [5.41, 5.74) is 0. The summed E-state index contributed by atoms with van der Waals surface area (Å²) >= 11 is 0. The molecule has 124 valence electrons. The Bertz CT molecular complexity index is 438. The molecule has 2 aliphatic heterocycles. The van der Waals surface area contributed by atoms with Crippen molar-refractivity contribution >= 4 is 12.0 Å². The molecule has 0 bridgehead atoms. The summed E-state index contributed by atoms with van der Waals surface area (Å²) < 4.78 is 4.78. The van der Waals surface area contributed by atoms with Crippen molar-refractivity contribution in [3.63, 3.8) is 0 Å². The molecule has 2 atom stereocenters. The van der Waals surface area contributed by atoms with Gasteiger partial charge in [-0.25, -0.2) is 4.79 Å². The van der Waals surface area contributed by atoms with E-state index in [1.165, 1.54) is 26.4 Å². The number of amides is 2. The second kappa shape index (κ2) is 6.44. The van der Waals surface area contributed by atoms with Crippen LogP contribution < -0.4 is 0 Å². The van der Waals surface area contributed by atoms with Gasteiger partial charge in [-0.2, -0.15) is 0 Å².